The molecule has 0 bridgehead atoms. The van der Waals surface area contributed by atoms with E-state index in [4.69, 9.17) is 4.74 Å². The van der Waals surface area contributed by atoms with E-state index in [1.54, 1.807) is 0 Å². The van der Waals surface area contributed by atoms with Crippen LogP contribution in [-0.2, 0) is 4.74 Å². The maximum Gasteiger partial charge on any atom is 0.0970 e. The van der Waals surface area contributed by atoms with Crippen molar-refractivity contribution < 1.29 is 4.74 Å². The van der Waals surface area contributed by atoms with Crippen molar-refractivity contribution in [3.05, 3.63) is 11.6 Å². The van der Waals surface area contributed by atoms with E-state index < -0.39 is 0 Å². The Morgan fingerprint density at radius 1 is 1.53 bits per heavy atom. The van der Waals surface area contributed by atoms with Gasteiger partial charge in [-0.1, -0.05) is 48.4 Å². The molecule has 2 heteroatoms. The summed E-state index contributed by atoms with van der Waals surface area (Å²) in [5, 5.41) is 0. The molecule has 1 aliphatic carbocycles. The summed E-state index contributed by atoms with van der Waals surface area (Å²) in [6.07, 6.45) is 5.80. The molecule has 1 nitrogen and oxygen atoms in total. The average molecular weight is 273 g/mol. The van der Waals surface area contributed by atoms with Gasteiger partial charge in [0.05, 0.1) is 12.2 Å². The highest BCUT2D eigenvalue weighted by Gasteiger charge is 2.52. The minimum Gasteiger partial charge on any atom is -0.368 e. The van der Waals surface area contributed by atoms with Crippen LogP contribution in [0.15, 0.2) is 11.6 Å². The van der Waals surface area contributed by atoms with Crippen LogP contribution in [0, 0.1) is 11.3 Å². The number of allylic oxidation sites excluding steroid dienone is 1. The molecule has 1 heterocycles. The Morgan fingerprint density at radius 3 is 2.67 bits per heavy atom. The molecule has 1 saturated heterocycles. The molecule has 0 saturated carbocycles. The number of ether oxygens (including phenoxy) is 1. The molecule has 0 aromatic carbocycles. The van der Waals surface area contributed by atoms with Crippen LogP contribution in [-0.4, -0.2) is 17.0 Å². The van der Waals surface area contributed by atoms with Crippen LogP contribution < -0.4 is 0 Å². The third-order valence-corrected chi connectivity index (χ3v) is 4.45. The zero-order chi connectivity index (χ0) is 11.2. The molecule has 0 spiro atoms. The van der Waals surface area contributed by atoms with Crippen molar-refractivity contribution in [2.75, 3.05) is 0 Å². The van der Waals surface area contributed by atoms with Crippen LogP contribution in [0.5, 0.6) is 0 Å². The first-order valence-corrected chi connectivity index (χ1v) is 6.81. The number of hydrogen-bond donors (Lipinski definition) is 0. The maximum absolute atomic E-state index is 5.84. The number of epoxide rings is 1. The quantitative estimate of drug-likeness (QED) is 0.422. The van der Waals surface area contributed by atoms with Crippen molar-refractivity contribution >= 4 is 15.9 Å². The van der Waals surface area contributed by atoms with Crippen molar-refractivity contribution in [1.29, 1.82) is 0 Å². The normalized spacial score (nSPS) is 40.9. The second-order valence-corrected chi connectivity index (χ2v) is 7.14. The van der Waals surface area contributed by atoms with Gasteiger partial charge in [0.15, 0.2) is 0 Å². The summed E-state index contributed by atoms with van der Waals surface area (Å²) in [5.74, 6) is 0.622. The van der Waals surface area contributed by atoms with E-state index in [1.807, 2.05) is 0 Å². The van der Waals surface area contributed by atoms with Gasteiger partial charge < -0.3 is 4.74 Å². The third-order valence-electron chi connectivity index (χ3n) is 3.93. The van der Waals surface area contributed by atoms with Crippen molar-refractivity contribution in [2.24, 2.45) is 11.3 Å². The Balaban J connectivity index is 2.13. The predicted octanol–water partition coefficient (Wildman–Crippen LogP) is 3.92. The lowest BCUT2D eigenvalue weighted by molar-refractivity contribution is 0.172. The van der Waals surface area contributed by atoms with Crippen LogP contribution >= 0.6 is 15.9 Å². The summed E-state index contributed by atoms with van der Waals surface area (Å²) in [5.41, 5.74) is 1.94. The molecule has 0 aromatic heterocycles. The largest absolute Gasteiger partial charge is 0.368 e. The Morgan fingerprint density at radius 2 is 2.20 bits per heavy atom. The average Bonchev–Trinajstić information content (AvgIpc) is 2.81. The van der Waals surface area contributed by atoms with Crippen LogP contribution in [0.4, 0.5) is 0 Å². The second-order valence-electron chi connectivity index (χ2n) is 5.70. The number of hydrogen-bond acceptors (Lipinski definition) is 1. The molecule has 2 aliphatic rings. The fourth-order valence-corrected chi connectivity index (χ4v) is 3.47. The third kappa shape index (κ3) is 2.16. The highest BCUT2D eigenvalue weighted by Crippen LogP contribution is 2.50. The van der Waals surface area contributed by atoms with E-state index in [1.165, 1.54) is 18.4 Å². The molecule has 86 valence electrons. The van der Waals surface area contributed by atoms with Gasteiger partial charge in [-0.05, 0) is 25.2 Å². The molecule has 1 aliphatic heterocycles. The van der Waals surface area contributed by atoms with E-state index in [9.17, 15) is 0 Å². The van der Waals surface area contributed by atoms with E-state index in [-0.39, 0.29) is 0 Å². The first-order valence-electron chi connectivity index (χ1n) is 5.89. The molecule has 2 rings (SSSR count). The van der Waals surface area contributed by atoms with Crippen molar-refractivity contribution in [2.45, 2.75) is 57.6 Å². The van der Waals surface area contributed by atoms with E-state index in [2.05, 4.69) is 49.7 Å². The minimum atomic E-state index is 0.403. The molecule has 0 radical (unpaired) electrons. The monoisotopic (exact) mass is 272 g/mol. The second kappa shape index (κ2) is 3.89. The van der Waals surface area contributed by atoms with Crippen LogP contribution in [0.1, 0.15) is 40.5 Å². The Labute approximate surface area is 101 Å². The van der Waals surface area contributed by atoms with Gasteiger partial charge in [0.25, 0.3) is 0 Å². The fraction of sp³-hybridized carbons (Fsp3) is 0.846. The van der Waals surface area contributed by atoms with Gasteiger partial charge in [0.2, 0.25) is 0 Å². The summed E-state index contributed by atoms with van der Waals surface area (Å²) in [6.45, 7) is 9.21. The van der Waals surface area contributed by atoms with Gasteiger partial charge >= 0.3 is 0 Å². The van der Waals surface area contributed by atoms with E-state index in [0.717, 1.165) is 0 Å². The van der Waals surface area contributed by atoms with Gasteiger partial charge in [0.1, 0.15) is 0 Å². The molecule has 4 atom stereocenters. The summed E-state index contributed by atoms with van der Waals surface area (Å²) in [6, 6.07) is 0. The molecule has 1 fully saturated rings. The standard InChI is InChI=1S/C13H21BrO/c1-8-6-5-7-13(3,4)10(8)12-11(15-12)9(2)14/h6,9-12H,5,7H2,1-4H3. The lowest BCUT2D eigenvalue weighted by Gasteiger charge is -2.37. The van der Waals surface area contributed by atoms with Crippen molar-refractivity contribution in [1.82, 2.24) is 0 Å². The fourth-order valence-electron chi connectivity index (χ4n) is 3.05. The van der Waals surface area contributed by atoms with E-state index in [0.29, 0.717) is 28.4 Å². The lowest BCUT2D eigenvalue weighted by Crippen LogP contribution is -2.33. The molecule has 0 N–H and O–H groups in total. The Bertz CT molecular complexity index is 280. The molecular weight excluding hydrogens is 252 g/mol. The Hall–Kier alpha value is 0.180. The van der Waals surface area contributed by atoms with Gasteiger partial charge in [-0.3, -0.25) is 0 Å². The maximum atomic E-state index is 5.84. The zero-order valence-corrected chi connectivity index (χ0v) is 11.7. The molecule has 0 aromatic rings. The van der Waals surface area contributed by atoms with Gasteiger partial charge in [0, 0.05) is 10.7 Å². The lowest BCUT2D eigenvalue weighted by atomic mass is 9.67. The first kappa shape index (κ1) is 11.7. The summed E-state index contributed by atoms with van der Waals surface area (Å²) in [7, 11) is 0. The molecule has 15 heavy (non-hydrogen) atoms. The smallest absolute Gasteiger partial charge is 0.0970 e. The van der Waals surface area contributed by atoms with Crippen LogP contribution in [0.3, 0.4) is 0 Å². The molecule has 4 unspecified atom stereocenters. The number of alkyl halides is 1. The summed E-state index contributed by atoms with van der Waals surface area (Å²) in [4.78, 5) is 0.480. The first-order chi connectivity index (χ1) is 6.93. The topological polar surface area (TPSA) is 12.5 Å². The van der Waals surface area contributed by atoms with Gasteiger partial charge in [-0.15, -0.1) is 0 Å². The predicted molar refractivity (Wildman–Crippen MR) is 67.3 cm³/mol. The van der Waals surface area contributed by atoms with E-state index >= 15 is 0 Å². The highest BCUT2D eigenvalue weighted by atomic mass is 79.9. The Kier molecular flexibility index (Phi) is 3.02. The molecular formula is C13H21BrO. The van der Waals surface area contributed by atoms with Gasteiger partial charge in [-0.2, -0.15) is 0 Å². The number of rotatable bonds is 2. The zero-order valence-electron chi connectivity index (χ0n) is 10.1. The van der Waals surface area contributed by atoms with Gasteiger partial charge in [-0.25, -0.2) is 0 Å². The summed E-state index contributed by atoms with van der Waals surface area (Å²) < 4.78 is 5.84. The van der Waals surface area contributed by atoms with Crippen molar-refractivity contribution in [3.63, 3.8) is 0 Å². The number of halogens is 1. The van der Waals surface area contributed by atoms with Crippen molar-refractivity contribution in [3.8, 4) is 0 Å². The minimum absolute atomic E-state index is 0.403. The van der Waals surface area contributed by atoms with Crippen LogP contribution in [0.25, 0.3) is 0 Å². The summed E-state index contributed by atoms with van der Waals surface area (Å²) >= 11 is 3.62. The highest BCUT2D eigenvalue weighted by molar-refractivity contribution is 9.09. The molecule has 0 amide bonds. The van der Waals surface area contributed by atoms with Crippen LogP contribution in [0.2, 0.25) is 0 Å². The SMILES string of the molecule is CC1=CCCC(C)(C)C1C1OC1C(C)Br.